The van der Waals surface area contributed by atoms with Crippen molar-refractivity contribution < 1.29 is 9.90 Å². The minimum atomic E-state index is -0.661. The van der Waals surface area contributed by atoms with Crippen molar-refractivity contribution in [2.24, 2.45) is 11.8 Å². The molecule has 130 valence electrons. The highest BCUT2D eigenvalue weighted by molar-refractivity contribution is 5.67. The Morgan fingerprint density at radius 3 is 2.71 bits per heavy atom. The van der Waals surface area contributed by atoms with Crippen LogP contribution in [-0.4, -0.2) is 57.6 Å². The first-order chi connectivity index (χ1) is 11.7. The number of hydrogen-bond acceptors (Lipinski definition) is 4. The Hall–Kier alpha value is -1.46. The molecular formula is C19H27N3O2. The Morgan fingerprint density at radius 1 is 1.21 bits per heavy atom. The van der Waals surface area contributed by atoms with Crippen molar-refractivity contribution in [3.63, 3.8) is 0 Å². The van der Waals surface area contributed by atoms with Crippen LogP contribution in [0, 0.1) is 11.8 Å². The van der Waals surface area contributed by atoms with Gasteiger partial charge in [-0.25, -0.2) is 0 Å². The third-order valence-corrected chi connectivity index (χ3v) is 6.30. The molecule has 0 unspecified atom stereocenters. The predicted molar refractivity (Wildman–Crippen MR) is 91.5 cm³/mol. The smallest absolute Gasteiger partial charge is 0.304 e. The number of likely N-dealkylation sites (tertiary alicyclic amines) is 1. The second kappa shape index (κ2) is 6.81. The molecule has 4 heterocycles. The van der Waals surface area contributed by atoms with E-state index in [0.717, 1.165) is 13.1 Å². The summed E-state index contributed by atoms with van der Waals surface area (Å²) in [5.41, 5.74) is 1.24. The van der Waals surface area contributed by atoms with E-state index in [1.807, 2.05) is 12.4 Å². The summed E-state index contributed by atoms with van der Waals surface area (Å²) in [6.45, 7) is 4.31. The molecule has 1 aromatic heterocycles. The largest absolute Gasteiger partial charge is 0.481 e. The maximum absolute atomic E-state index is 11.5. The molecule has 3 fully saturated rings. The van der Waals surface area contributed by atoms with Gasteiger partial charge in [-0.2, -0.15) is 0 Å². The van der Waals surface area contributed by atoms with Gasteiger partial charge in [-0.3, -0.25) is 19.6 Å². The summed E-state index contributed by atoms with van der Waals surface area (Å²) >= 11 is 0. The summed E-state index contributed by atoms with van der Waals surface area (Å²) in [6.07, 6.45) is 8.92. The zero-order valence-electron chi connectivity index (χ0n) is 14.2. The molecular weight excluding hydrogens is 302 g/mol. The standard InChI is InChI=1S/C19H27N3O2/c23-18(24)11-17-16-4-2-10-21-9-1-3-15(19(16)21)13-22(17)12-14-5-7-20-8-6-14/h5-8,15-17,19H,1-4,9-13H2,(H,23,24)/t15-,16+,17+,19-/m0/s1. The number of rotatable bonds is 4. The summed E-state index contributed by atoms with van der Waals surface area (Å²) < 4.78 is 0. The fraction of sp³-hybridized carbons (Fsp3) is 0.684. The van der Waals surface area contributed by atoms with Gasteiger partial charge in [0.2, 0.25) is 0 Å². The molecule has 0 bridgehead atoms. The number of piperidine rings is 3. The van der Waals surface area contributed by atoms with Crippen molar-refractivity contribution in [1.29, 1.82) is 0 Å². The summed E-state index contributed by atoms with van der Waals surface area (Å²) in [5, 5.41) is 9.49. The highest BCUT2D eigenvalue weighted by Crippen LogP contribution is 2.43. The Balaban J connectivity index is 1.60. The lowest BCUT2D eigenvalue weighted by atomic mass is 9.69. The van der Waals surface area contributed by atoms with Crippen LogP contribution in [0.1, 0.15) is 37.7 Å². The molecule has 0 radical (unpaired) electrons. The third-order valence-electron chi connectivity index (χ3n) is 6.30. The summed E-state index contributed by atoms with van der Waals surface area (Å²) in [7, 11) is 0. The normalized spacial score (nSPS) is 33.8. The highest BCUT2D eigenvalue weighted by atomic mass is 16.4. The number of hydrogen-bond donors (Lipinski definition) is 1. The van der Waals surface area contributed by atoms with Crippen molar-refractivity contribution >= 4 is 5.97 Å². The third kappa shape index (κ3) is 3.07. The van der Waals surface area contributed by atoms with Crippen LogP contribution in [0.3, 0.4) is 0 Å². The van der Waals surface area contributed by atoms with Gasteiger partial charge in [0, 0.05) is 37.6 Å². The zero-order valence-corrected chi connectivity index (χ0v) is 14.2. The van der Waals surface area contributed by atoms with Gasteiger partial charge in [-0.1, -0.05) is 0 Å². The van der Waals surface area contributed by atoms with Gasteiger partial charge in [-0.05, 0) is 68.3 Å². The molecule has 1 N–H and O–H groups in total. The van der Waals surface area contributed by atoms with Gasteiger partial charge in [-0.15, -0.1) is 0 Å². The van der Waals surface area contributed by atoms with Crippen LogP contribution in [0.2, 0.25) is 0 Å². The molecule has 3 saturated heterocycles. The van der Waals surface area contributed by atoms with Gasteiger partial charge in [0.25, 0.3) is 0 Å². The Morgan fingerprint density at radius 2 is 1.96 bits per heavy atom. The van der Waals surface area contributed by atoms with E-state index in [1.165, 1.54) is 44.3 Å². The van der Waals surface area contributed by atoms with E-state index in [2.05, 4.69) is 26.9 Å². The van der Waals surface area contributed by atoms with Crippen LogP contribution in [0.15, 0.2) is 24.5 Å². The number of carboxylic acid groups (broad SMARTS) is 1. The van der Waals surface area contributed by atoms with E-state index in [0.29, 0.717) is 17.9 Å². The van der Waals surface area contributed by atoms with Crippen molar-refractivity contribution in [2.75, 3.05) is 19.6 Å². The summed E-state index contributed by atoms with van der Waals surface area (Å²) in [5.74, 6) is 0.554. The number of carboxylic acids is 1. The molecule has 3 aliphatic rings. The molecule has 24 heavy (non-hydrogen) atoms. The van der Waals surface area contributed by atoms with Crippen molar-refractivity contribution in [3.8, 4) is 0 Å². The predicted octanol–water partition coefficient (Wildman–Crippen LogP) is 2.23. The zero-order chi connectivity index (χ0) is 16.5. The molecule has 5 nitrogen and oxygen atoms in total. The topological polar surface area (TPSA) is 56.7 Å². The molecule has 0 spiro atoms. The van der Waals surface area contributed by atoms with Crippen LogP contribution < -0.4 is 0 Å². The van der Waals surface area contributed by atoms with Gasteiger partial charge < -0.3 is 5.11 Å². The van der Waals surface area contributed by atoms with Crippen LogP contribution >= 0.6 is 0 Å². The lowest BCUT2D eigenvalue weighted by molar-refractivity contribution is -0.143. The average Bonchev–Trinajstić information content (AvgIpc) is 2.59. The minimum absolute atomic E-state index is 0.165. The molecule has 0 aliphatic carbocycles. The minimum Gasteiger partial charge on any atom is -0.481 e. The molecule has 0 amide bonds. The quantitative estimate of drug-likeness (QED) is 0.918. The van der Waals surface area contributed by atoms with Crippen molar-refractivity contribution in [3.05, 3.63) is 30.1 Å². The second-order valence-electron chi connectivity index (χ2n) is 7.69. The number of pyridine rings is 1. The van der Waals surface area contributed by atoms with E-state index in [4.69, 9.17) is 0 Å². The lowest BCUT2D eigenvalue weighted by Gasteiger charge is -2.57. The van der Waals surface area contributed by atoms with E-state index in [-0.39, 0.29) is 12.5 Å². The Kier molecular flexibility index (Phi) is 4.55. The number of carbonyl (C=O) groups is 1. The number of aromatic nitrogens is 1. The molecule has 4 rings (SSSR count). The first-order valence-corrected chi connectivity index (χ1v) is 9.31. The van der Waals surface area contributed by atoms with Gasteiger partial charge >= 0.3 is 5.97 Å². The van der Waals surface area contributed by atoms with Crippen molar-refractivity contribution in [2.45, 2.75) is 50.7 Å². The van der Waals surface area contributed by atoms with Crippen LogP contribution in [0.4, 0.5) is 0 Å². The van der Waals surface area contributed by atoms with E-state index in [1.54, 1.807) is 0 Å². The van der Waals surface area contributed by atoms with Crippen LogP contribution in [0.5, 0.6) is 0 Å². The fourth-order valence-electron chi connectivity index (χ4n) is 5.45. The Bertz CT molecular complexity index is 577. The lowest BCUT2D eigenvalue weighted by Crippen LogP contribution is -2.64. The average molecular weight is 329 g/mol. The first-order valence-electron chi connectivity index (χ1n) is 9.31. The first kappa shape index (κ1) is 16.0. The molecule has 4 atom stereocenters. The molecule has 5 heteroatoms. The number of nitrogens with zero attached hydrogens (tertiary/aromatic N) is 3. The van der Waals surface area contributed by atoms with E-state index < -0.39 is 5.97 Å². The molecule has 0 saturated carbocycles. The molecule has 1 aromatic rings. The van der Waals surface area contributed by atoms with Crippen LogP contribution in [0.25, 0.3) is 0 Å². The van der Waals surface area contributed by atoms with Crippen LogP contribution in [-0.2, 0) is 11.3 Å². The SMILES string of the molecule is O=C(O)C[C@@H]1[C@H]2CCCN3CCC[C@@H](CN1Cc1ccncc1)[C@@H]23. The summed E-state index contributed by atoms with van der Waals surface area (Å²) in [4.78, 5) is 20.8. The van der Waals surface area contributed by atoms with Gasteiger partial charge in [0.1, 0.15) is 0 Å². The van der Waals surface area contributed by atoms with Gasteiger partial charge in [0.15, 0.2) is 0 Å². The summed E-state index contributed by atoms with van der Waals surface area (Å²) in [6, 6.07) is 4.89. The van der Waals surface area contributed by atoms with E-state index in [9.17, 15) is 9.90 Å². The Labute approximate surface area is 143 Å². The van der Waals surface area contributed by atoms with Gasteiger partial charge in [0.05, 0.1) is 6.42 Å². The fourth-order valence-corrected chi connectivity index (χ4v) is 5.45. The second-order valence-corrected chi connectivity index (χ2v) is 7.69. The number of aliphatic carboxylic acids is 1. The highest BCUT2D eigenvalue weighted by Gasteiger charge is 2.48. The van der Waals surface area contributed by atoms with Crippen molar-refractivity contribution in [1.82, 2.24) is 14.8 Å². The van der Waals surface area contributed by atoms with E-state index >= 15 is 0 Å². The molecule has 3 aliphatic heterocycles. The maximum atomic E-state index is 11.5. The molecule has 0 aromatic carbocycles. The monoisotopic (exact) mass is 329 g/mol. The maximum Gasteiger partial charge on any atom is 0.304 e.